The van der Waals surface area contributed by atoms with Gasteiger partial charge in [-0.1, -0.05) is 0 Å². The van der Waals surface area contributed by atoms with Crippen LogP contribution in [-0.2, 0) is 0 Å². The number of aromatic nitrogens is 5. The van der Waals surface area contributed by atoms with Gasteiger partial charge in [-0.3, -0.25) is 4.79 Å². The Morgan fingerprint density at radius 3 is 2.77 bits per heavy atom. The largest absolute Gasteiger partial charge is 0.351 e. The molecule has 3 aromatic rings. The predicted octanol–water partition coefficient (Wildman–Crippen LogP) is 0.901. The first-order valence-corrected chi connectivity index (χ1v) is 8.16. The second kappa shape index (κ2) is 5.41. The summed E-state index contributed by atoms with van der Waals surface area (Å²) in [4.78, 5) is 19.9. The van der Waals surface area contributed by atoms with Gasteiger partial charge in [0.05, 0.1) is 18.3 Å². The highest BCUT2D eigenvalue weighted by molar-refractivity contribution is 5.94. The lowest BCUT2D eigenvalue weighted by atomic mass is 9.87. The summed E-state index contributed by atoms with van der Waals surface area (Å²) in [7, 11) is 0. The standard InChI is InChI=1S/C16H13F2N7O/c17-9-3-12(18)15(19-5-9)16(26)25-10-4-11(25)7-23(6-10)14-2-1-13-21-20-8-24(13)22-14/h1-3,5,8,10-11H,4,6-7H2. The Hall–Kier alpha value is -3.17. The Bertz CT molecular complexity index is 1010. The highest BCUT2D eigenvalue weighted by Crippen LogP contribution is 2.35. The highest BCUT2D eigenvalue weighted by atomic mass is 19.1. The number of fused-ring (bicyclic) bond motifs is 3. The number of halogens is 2. The number of piperazine rings is 1. The van der Waals surface area contributed by atoms with Crippen molar-refractivity contribution in [2.75, 3.05) is 18.0 Å². The fourth-order valence-electron chi connectivity index (χ4n) is 3.71. The molecule has 132 valence electrons. The van der Waals surface area contributed by atoms with E-state index in [2.05, 4.69) is 25.2 Å². The maximum Gasteiger partial charge on any atom is 0.276 e. The van der Waals surface area contributed by atoms with Crippen LogP contribution in [0.1, 0.15) is 16.9 Å². The number of anilines is 1. The molecule has 3 fully saturated rings. The number of amides is 1. The smallest absolute Gasteiger partial charge is 0.276 e. The molecule has 26 heavy (non-hydrogen) atoms. The van der Waals surface area contributed by atoms with E-state index in [-0.39, 0.29) is 17.8 Å². The lowest BCUT2D eigenvalue weighted by molar-refractivity contribution is 0.00477. The van der Waals surface area contributed by atoms with E-state index in [9.17, 15) is 13.6 Å². The molecule has 0 N–H and O–H groups in total. The van der Waals surface area contributed by atoms with Gasteiger partial charge in [-0.05, 0) is 18.6 Å². The van der Waals surface area contributed by atoms with Crippen LogP contribution in [0.4, 0.5) is 14.6 Å². The molecule has 3 aliphatic heterocycles. The van der Waals surface area contributed by atoms with Crippen LogP contribution in [0, 0.1) is 11.6 Å². The topological polar surface area (TPSA) is 79.5 Å². The van der Waals surface area contributed by atoms with Crippen molar-refractivity contribution in [2.45, 2.75) is 18.5 Å². The van der Waals surface area contributed by atoms with Crippen molar-refractivity contribution in [1.82, 2.24) is 29.7 Å². The van der Waals surface area contributed by atoms with Gasteiger partial charge >= 0.3 is 0 Å². The average molecular weight is 357 g/mol. The lowest BCUT2D eigenvalue weighted by Gasteiger charge is -2.56. The summed E-state index contributed by atoms with van der Waals surface area (Å²) in [6, 6.07) is 4.27. The molecule has 2 atom stereocenters. The van der Waals surface area contributed by atoms with Crippen LogP contribution < -0.4 is 4.90 Å². The maximum atomic E-state index is 13.9. The molecule has 0 aliphatic carbocycles. The Morgan fingerprint density at radius 2 is 2.00 bits per heavy atom. The zero-order chi connectivity index (χ0) is 17.8. The van der Waals surface area contributed by atoms with Crippen LogP contribution in [0.15, 0.2) is 30.7 Å². The van der Waals surface area contributed by atoms with Crippen molar-refractivity contribution in [3.63, 3.8) is 0 Å². The van der Waals surface area contributed by atoms with Gasteiger partial charge in [0.15, 0.2) is 17.2 Å². The number of hydrogen-bond acceptors (Lipinski definition) is 6. The van der Waals surface area contributed by atoms with Crippen molar-refractivity contribution in [3.05, 3.63) is 48.1 Å². The molecule has 10 heteroatoms. The molecule has 2 unspecified atom stereocenters. The quantitative estimate of drug-likeness (QED) is 0.678. The first kappa shape index (κ1) is 15.1. The van der Waals surface area contributed by atoms with Gasteiger partial charge < -0.3 is 9.80 Å². The third kappa shape index (κ3) is 2.21. The van der Waals surface area contributed by atoms with Crippen LogP contribution in [0.3, 0.4) is 0 Å². The number of hydrogen-bond donors (Lipinski definition) is 0. The molecule has 6 rings (SSSR count). The van der Waals surface area contributed by atoms with Gasteiger partial charge in [0.25, 0.3) is 5.91 Å². The third-order valence-electron chi connectivity index (χ3n) is 4.91. The number of carbonyl (C=O) groups excluding carboxylic acids is 1. The number of rotatable bonds is 2. The summed E-state index contributed by atoms with van der Waals surface area (Å²) in [6.07, 6.45) is 3.23. The SMILES string of the molecule is O=C(c1ncc(F)cc1F)N1C2CC1CN(c1ccc3nncn3n1)C2. The zero-order valence-corrected chi connectivity index (χ0v) is 13.5. The fraction of sp³-hybridized carbons (Fsp3) is 0.312. The number of pyridine rings is 1. The number of nitrogens with zero attached hydrogens (tertiary/aromatic N) is 7. The van der Waals surface area contributed by atoms with Crippen LogP contribution in [0.5, 0.6) is 0 Å². The summed E-state index contributed by atoms with van der Waals surface area (Å²) >= 11 is 0. The molecule has 0 saturated carbocycles. The Labute approximate surface area is 146 Å². The Balaban J connectivity index is 1.36. The first-order chi connectivity index (χ1) is 12.6. The molecular weight excluding hydrogens is 344 g/mol. The molecule has 6 heterocycles. The van der Waals surface area contributed by atoms with Gasteiger partial charge in [-0.25, -0.2) is 13.8 Å². The van der Waals surface area contributed by atoms with E-state index in [1.165, 1.54) is 6.33 Å². The molecule has 3 saturated heterocycles. The molecule has 3 aliphatic rings. The van der Waals surface area contributed by atoms with Crippen LogP contribution >= 0.6 is 0 Å². The van der Waals surface area contributed by atoms with Gasteiger partial charge in [-0.15, -0.1) is 15.3 Å². The van der Waals surface area contributed by atoms with Crippen molar-refractivity contribution in [3.8, 4) is 0 Å². The van der Waals surface area contributed by atoms with E-state index in [4.69, 9.17) is 0 Å². The van der Waals surface area contributed by atoms with Crippen LogP contribution in [0.2, 0.25) is 0 Å². The van der Waals surface area contributed by atoms with Crippen molar-refractivity contribution >= 4 is 17.4 Å². The van der Waals surface area contributed by atoms with Crippen molar-refractivity contribution in [1.29, 1.82) is 0 Å². The molecule has 0 radical (unpaired) electrons. The Kier molecular flexibility index (Phi) is 3.15. The summed E-state index contributed by atoms with van der Waals surface area (Å²) in [5.41, 5.74) is 0.323. The van der Waals surface area contributed by atoms with E-state index in [0.29, 0.717) is 24.8 Å². The van der Waals surface area contributed by atoms with Crippen LogP contribution in [-0.4, -0.2) is 60.8 Å². The maximum absolute atomic E-state index is 13.9. The number of carbonyl (C=O) groups is 1. The second-order valence-corrected chi connectivity index (χ2v) is 6.47. The minimum Gasteiger partial charge on any atom is -0.351 e. The molecule has 1 amide bonds. The van der Waals surface area contributed by atoms with E-state index < -0.39 is 17.5 Å². The van der Waals surface area contributed by atoms with Gasteiger partial charge in [0.2, 0.25) is 0 Å². The average Bonchev–Trinajstić information content (AvgIpc) is 3.09. The van der Waals surface area contributed by atoms with E-state index in [0.717, 1.165) is 18.4 Å². The highest BCUT2D eigenvalue weighted by Gasteiger charge is 2.48. The van der Waals surface area contributed by atoms with Gasteiger partial charge in [-0.2, -0.15) is 4.52 Å². The first-order valence-electron chi connectivity index (χ1n) is 8.16. The molecule has 3 aromatic heterocycles. The molecular formula is C16H13F2N7O. The summed E-state index contributed by atoms with van der Waals surface area (Å²) in [5.74, 6) is -1.46. The van der Waals surface area contributed by atoms with Crippen molar-refractivity contribution < 1.29 is 13.6 Å². The molecule has 8 nitrogen and oxygen atoms in total. The summed E-state index contributed by atoms with van der Waals surface area (Å²) in [6.45, 7) is 1.18. The zero-order valence-electron chi connectivity index (χ0n) is 13.5. The second-order valence-electron chi connectivity index (χ2n) is 6.47. The predicted molar refractivity (Wildman–Crippen MR) is 85.5 cm³/mol. The van der Waals surface area contributed by atoms with Gasteiger partial charge in [0.1, 0.15) is 18.0 Å². The molecule has 0 spiro atoms. The summed E-state index contributed by atoms with van der Waals surface area (Å²) in [5, 5.41) is 12.2. The normalized spacial score (nSPS) is 21.8. The molecule has 2 bridgehead atoms. The van der Waals surface area contributed by atoms with Crippen molar-refractivity contribution in [2.24, 2.45) is 0 Å². The fourth-order valence-corrected chi connectivity index (χ4v) is 3.71. The monoisotopic (exact) mass is 357 g/mol. The Morgan fingerprint density at radius 1 is 1.19 bits per heavy atom. The minimum absolute atomic E-state index is 0.0501. The lowest BCUT2D eigenvalue weighted by Crippen LogP contribution is -2.70. The van der Waals surface area contributed by atoms with Gasteiger partial charge in [0, 0.05) is 19.2 Å². The minimum atomic E-state index is -0.934. The number of piperidine rings is 1. The van der Waals surface area contributed by atoms with E-state index >= 15 is 0 Å². The molecule has 0 aromatic carbocycles. The van der Waals surface area contributed by atoms with Crippen LogP contribution in [0.25, 0.3) is 5.65 Å². The van der Waals surface area contributed by atoms with E-state index in [1.807, 2.05) is 12.1 Å². The van der Waals surface area contributed by atoms with E-state index in [1.54, 1.807) is 9.42 Å². The summed E-state index contributed by atoms with van der Waals surface area (Å²) < 4.78 is 28.5. The third-order valence-corrected chi connectivity index (χ3v) is 4.91.